The molecule has 0 amide bonds. The number of ether oxygens (including phenoxy) is 3. The van der Waals surface area contributed by atoms with Crippen LogP contribution >= 0.6 is 0 Å². The van der Waals surface area contributed by atoms with Crippen molar-refractivity contribution in [2.75, 3.05) is 40.5 Å². The first-order valence-electron chi connectivity index (χ1n) is 19.5. The SMILES string of the molecule is CCOC(=O)CCCC/C=C\CCCCCCCCC(CCCCCCCC/C=C\CCCCC(=O)OCC)OC(=O)CNCN(C)C. The smallest absolute Gasteiger partial charge is 0.320 e. The summed E-state index contributed by atoms with van der Waals surface area (Å²) in [7, 11) is 3.96. The van der Waals surface area contributed by atoms with Crippen molar-refractivity contribution in [2.24, 2.45) is 0 Å². The van der Waals surface area contributed by atoms with Crippen LogP contribution in [0.3, 0.4) is 0 Å². The summed E-state index contributed by atoms with van der Waals surface area (Å²) in [6.45, 7) is 5.56. The van der Waals surface area contributed by atoms with Gasteiger partial charge in [-0.1, -0.05) is 75.7 Å². The number of hydrogen-bond donors (Lipinski definition) is 1. The highest BCUT2D eigenvalue weighted by molar-refractivity contribution is 5.71. The van der Waals surface area contributed by atoms with Crippen molar-refractivity contribution in [3.05, 3.63) is 24.3 Å². The number of nitrogens with one attached hydrogen (secondary N) is 1. The molecule has 0 aromatic rings. The minimum atomic E-state index is -0.138. The van der Waals surface area contributed by atoms with Crippen LogP contribution in [0.1, 0.15) is 168 Å². The van der Waals surface area contributed by atoms with Crippen molar-refractivity contribution >= 4 is 17.9 Å². The summed E-state index contributed by atoms with van der Waals surface area (Å²) < 4.78 is 15.8. The second-order valence-corrected chi connectivity index (χ2v) is 13.2. The Morgan fingerprint density at radius 1 is 0.542 bits per heavy atom. The van der Waals surface area contributed by atoms with Gasteiger partial charge in [-0.2, -0.15) is 0 Å². The lowest BCUT2D eigenvalue weighted by molar-refractivity contribution is -0.149. The minimum absolute atomic E-state index is 0.0310. The van der Waals surface area contributed by atoms with E-state index in [0.717, 1.165) is 77.0 Å². The molecular weight excluding hydrogens is 604 g/mol. The van der Waals surface area contributed by atoms with Crippen molar-refractivity contribution in [2.45, 2.75) is 174 Å². The Labute approximate surface area is 295 Å². The molecule has 0 spiro atoms. The van der Waals surface area contributed by atoms with E-state index in [9.17, 15) is 14.4 Å². The van der Waals surface area contributed by atoms with Crippen molar-refractivity contribution in [3.8, 4) is 0 Å². The molecule has 0 aromatic heterocycles. The first-order chi connectivity index (χ1) is 23.4. The van der Waals surface area contributed by atoms with E-state index in [1.807, 2.05) is 32.8 Å². The van der Waals surface area contributed by atoms with E-state index in [1.54, 1.807) is 0 Å². The Morgan fingerprint density at radius 2 is 0.917 bits per heavy atom. The van der Waals surface area contributed by atoms with Gasteiger partial charge in [0, 0.05) is 19.5 Å². The molecule has 48 heavy (non-hydrogen) atoms. The Bertz CT molecular complexity index is 762. The number of allylic oxidation sites excluding steroid dienone is 4. The van der Waals surface area contributed by atoms with Gasteiger partial charge in [-0.25, -0.2) is 0 Å². The molecule has 0 rings (SSSR count). The third kappa shape index (κ3) is 35.1. The quantitative estimate of drug-likeness (QED) is 0.0233. The third-order valence-electron chi connectivity index (χ3n) is 8.24. The number of carbonyl (C=O) groups is 3. The van der Waals surface area contributed by atoms with Crippen LogP contribution in [0.25, 0.3) is 0 Å². The van der Waals surface area contributed by atoms with Gasteiger partial charge in [0.2, 0.25) is 0 Å². The van der Waals surface area contributed by atoms with Gasteiger partial charge in [0.25, 0.3) is 0 Å². The van der Waals surface area contributed by atoms with E-state index in [-0.39, 0.29) is 30.6 Å². The van der Waals surface area contributed by atoms with Crippen LogP contribution in [0.15, 0.2) is 24.3 Å². The number of carbonyl (C=O) groups excluding carboxylic acids is 3. The second kappa shape index (κ2) is 36.1. The molecule has 0 saturated carbocycles. The van der Waals surface area contributed by atoms with Crippen molar-refractivity contribution in [3.63, 3.8) is 0 Å². The Hall–Kier alpha value is -2.19. The highest BCUT2D eigenvalue weighted by Crippen LogP contribution is 2.18. The van der Waals surface area contributed by atoms with Crippen molar-refractivity contribution in [1.82, 2.24) is 10.2 Å². The van der Waals surface area contributed by atoms with Crippen LogP contribution in [-0.4, -0.2) is 69.4 Å². The first kappa shape index (κ1) is 45.8. The van der Waals surface area contributed by atoms with Crippen LogP contribution in [0.4, 0.5) is 0 Å². The maximum absolute atomic E-state index is 12.5. The average Bonchev–Trinajstić information content (AvgIpc) is 3.04. The van der Waals surface area contributed by atoms with Gasteiger partial charge < -0.3 is 14.2 Å². The summed E-state index contributed by atoms with van der Waals surface area (Å²) in [6, 6.07) is 0. The lowest BCUT2D eigenvalue weighted by Gasteiger charge is -2.19. The van der Waals surface area contributed by atoms with Gasteiger partial charge in [0.15, 0.2) is 0 Å². The van der Waals surface area contributed by atoms with E-state index >= 15 is 0 Å². The van der Waals surface area contributed by atoms with E-state index < -0.39 is 0 Å². The molecule has 0 aliphatic carbocycles. The number of unbranched alkanes of at least 4 members (excludes halogenated alkanes) is 16. The molecule has 0 aliphatic heterocycles. The fourth-order valence-corrected chi connectivity index (χ4v) is 5.55. The number of esters is 3. The van der Waals surface area contributed by atoms with Crippen LogP contribution in [0.5, 0.6) is 0 Å². The monoisotopic (exact) mass is 679 g/mol. The maximum atomic E-state index is 12.5. The lowest BCUT2D eigenvalue weighted by Crippen LogP contribution is -2.34. The molecule has 0 radical (unpaired) electrons. The summed E-state index contributed by atoms with van der Waals surface area (Å²) >= 11 is 0. The number of rotatable bonds is 35. The molecule has 1 N–H and O–H groups in total. The van der Waals surface area contributed by atoms with Crippen molar-refractivity contribution in [1.29, 1.82) is 0 Å². The number of nitrogens with zero attached hydrogens (tertiary/aromatic N) is 1. The largest absolute Gasteiger partial charge is 0.466 e. The molecule has 0 bridgehead atoms. The molecule has 0 saturated heterocycles. The molecule has 8 heteroatoms. The fourth-order valence-electron chi connectivity index (χ4n) is 5.55. The molecule has 0 aliphatic rings. The van der Waals surface area contributed by atoms with Crippen LogP contribution in [-0.2, 0) is 28.6 Å². The second-order valence-electron chi connectivity index (χ2n) is 13.2. The zero-order valence-corrected chi connectivity index (χ0v) is 31.6. The Kier molecular flexibility index (Phi) is 34.5. The third-order valence-corrected chi connectivity index (χ3v) is 8.24. The Balaban J connectivity index is 4.00. The van der Waals surface area contributed by atoms with E-state index in [2.05, 4.69) is 29.6 Å². The van der Waals surface area contributed by atoms with Crippen LogP contribution in [0, 0.1) is 0 Å². The Morgan fingerprint density at radius 3 is 1.31 bits per heavy atom. The van der Waals surface area contributed by atoms with Gasteiger partial charge in [-0.3, -0.25) is 24.6 Å². The zero-order chi connectivity index (χ0) is 35.3. The number of hydrogen-bond acceptors (Lipinski definition) is 8. The molecule has 0 heterocycles. The molecule has 280 valence electrons. The van der Waals surface area contributed by atoms with Crippen LogP contribution < -0.4 is 5.32 Å². The van der Waals surface area contributed by atoms with Gasteiger partial charge in [0.05, 0.1) is 19.8 Å². The predicted molar refractivity (Wildman–Crippen MR) is 199 cm³/mol. The summed E-state index contributed by atoms with van der Waals surface area (Å²) in [4.78, 5) is 37.2. The van der Waals surface area contributed by atoms with Gasteiger partial charge in [-0.15, -0.1) is 0 Å². The van der Waals surface area contributed by atoms with Crippen LogP contribution in [0.2, 0.25) is 0 Å². The minimum Gasteiger partial charge on any atom is -0.466 e. The van der Waals surface area contributed by atoms with Gasteiger partial charge in [-0.05, 0) is 118 Å². The molecule has 0 fully saturated rings. The van der Waals surface area contributed by atoms with E-state index in [0.29, 0.717) is 32.7 Å². The van der Waals surface area contributed by atoms with E-state index in [1.165, 1.54) is 64.2 Å². The molecule has 8 nitrogen and oxygen atoms in total. The summed E-state index contributed by atoms with van der Waals surface area (Å²) in [5, 5.41) is 3.15. The van der Waals surface area contributed by atoms with Gasteiger partial charge >= 0.3 is 17.9 Å². The summed E-state index contributed by atoms with van der Waals surface area (Å²) in [6.07, 6.45) is 35.0. The highest BCUT2D eigenvalue weighted by Gasteiger charge is 2.14. The summed E-state index contributed by atoms with van der Waals surface area (Å²) in [5.41, 5.74) is 0. The molecule has 0 aromatic carbocycles. The topological polar surface area (TPSA) is 94.2 Å². The molecule has 0 atom stereocenters. The normalized spacial score (nSPS) is 11.7. The molecular formula is C40H74N2O6. The fraction of sp³-hybridized carbons (Fsp3) is 0.825. The summed E-state index contributed by atoms with van der Waals surface area (Å²) in [5.74, 6) is -0.301. The maximum Gasteiger partial charge on any atom is 0.320 e. The van der Waals surface area contributed by atoms with Gasteiger partial charge in [0.1, 0.15) is 6.10 Å². The lowest BCUT2D eigenvalue weighted by atomic mass is 10.0. The van der Waals surface area contributed by atoms with E-state index in [4.69, 9.17) is 14.2 Å². The van der Waals surface area contributed by atoms with Crippen molar-refractivity contribution < 1.29 is 28.6 Å². The predicted octanol–water partition coefficient (Wildman–Crippen LogP) is 9.61. The first-order valence-corrected chi connectivity index (χ1v) is 19.5. The zero-order valence-electron chi connectivity index (χ0n) is 31.6. The average molecular weight is 679 g/mol. The standard InChI is InChI=1S/C40H74N2O6/c1-5-46-38(43)33-29-25-21-17-13-9-7-11-15-19-23-27-31-37(48-40(45)35-41-36-42(3)4)32-28-24-20-16-12-8-10-14-18-22-26-30-34-39(44)47-6-2/h13-14,17-18,37,41H,5-12,15-16,19-36H2,1-4H3/b17-13-,18-14-. The molecule has 0 unspecified atom stereocenters. The highest BCUT2D eigenvalue weighted by atomic mass is 16.5.